The number of anilines is 1. The second kappa shape index (κ2) is 11.8. The fourth-order valence-corrected chi connectivity index (χ4v) is 4.09. The lowest BCUT2D eigenvalue weighted by Crippen LogP contribution is -2.30. The van der Waals surface area contributed by atoms with Crippen LogP contribution in [0.2, 0.25) is 0 Å². The van der Waals surface area contributed by atoms with E-state index in [1.54, 1.807) is 25.1 Å². The fraction of sp³-hybridized carbons (Fsp3) is 0.200. The predicted octanol–water partition coefficient (Wildman–Crippen LogP) is 3.94. The lowest BCUT2D eigenvalue weighted by molar-refractivity contribution is -0.123. The molecule has 10 heteroatoms. The Morgan fingerprint density at radius 1 is 1.00 bits per heavy atom. The smallest absolute Gasteiger partial charge is 0.341 e. The number of nitrogens with two attached hydrogens (primary N) is 1. The monoisotopic (exact) mass is 495 g/mol. The van der Waals surface area contributed by atoms with E-state index in [1.807, 2.05) is 30.3 Å². The first-order chi connectivity index (χ1) is 16.8. The maximum Gasteiger partial charge on any atom is 0.341 e. The highest BCUT2D eigenvalue weighted by atomic mass is 32.1. The van der Waals surface area contributed by atoms with Crippen LogP contribution >= 0.6 is 11.3 Å². The maximum atomic E-state index is 12.8. The van der Waals surface area contributed by atoms with Crippen molar-refractivity contribution < 1.29 is 28.7 Å². The first-order valence-electron chi connectivity index (χ1n) is 10.8. The van der Waals surface area contributed by atoms with Gasteiger partial charge in [-0.2, -0.15) is 0 Å². The van der Waals surface area contributed by atoms with E-state index in [1.165, 1.54) is 30.4 Å². The summed E-state index contributed by atoms with van der Waals surface area (Å²) in [4.78, 5) is 49.3. The molecule has 0 saturated carbocycles. The average Bonchev–Trinajstić information content (AvgIpc) is 3.27. The first kappa shape index (κ1) is 25.4. The van der Waals surface area contributed by atoms with E-state index in [9.17, 15) is 19.2 Å². The van der Waals surface area contributed by atoms with Crippen LogP contribution in [0.15, 0.2) is 60.7 Å². The molecular formula is C25H25N3O6S. The summed E-state index contributed by atoms with van der Waals surface area (Å²) in [6.07, 6.45) is -1.13. The fourth-order valence-electron chi connectivity index (χ4n) is 3.03. The number of hydrogen-bond donors (Lipinski definition) is 3. The van der Waals surface area contributed by atoms with Gasteiger partial charge in [0, 0.05) is 11.4 Å². The van der Waals surface area contributed by atoms with Gasteiger partial charge in [-0.15, -0.1) is 11.3 Å². The average molecular weight is 496 g/mol. The molecule has 3 amide bonds. The van der Waals surface area contributed by atoms with Gasteiger partial charge in [0.05, 0.1) is 17.7 Å². The van der Waals surface area contributed by atoms with Gasteiger partial charge in [-0.3, -0.25) is 4.79 Å². The Morgan fingerprint density at radius 3 is 2.31 bits per heavy atom. The summed E-state index contributed by atoms with van der Waals surface area (Å²) >= 11 is 1.22. The summed E-state index contributed by atoms with van der Waals surface area (Å²) in [5, 5.41) is 5.44. The van der Waals surface area contributed by atoms with Crippen LogP contribution in [0.4, 0.5) is 9.80 Å². The third-order valence-corrected chi connectivity index (χ3v) is 5.93. The number of carbonyl (C=O) groups is 4. The number of amides is 3. The summed E-state index contributed by atoms with van der Waals surface area (Å²) in [6, 6.07) is 16.8. The number of hydrogen-bond acceptors (Lipinski definition) is 7. The summed E-state index contributed by atoms with van der Waals surface area (Å²) in [7, 11) is 0. The van der Waals surface area contributed by atoms with Gasteiger partial charge >= 0.3 is 18.0 Å². The van der Waals surface area contributed by atoms with Crippen LogP contribution in [0.1, 0.15) is 40.1 Å². The molecule has 0 aliphatic heterocycles. The number of nitrogens with one attached hydrogen (secondary N) is 2. The van der Waals surface area contributed by atoms with Gasteiger partial charge in [0.2, 0.25) is 0 Å². The normalized spacial score (nSPS) is 11.3. The van der Waals surface area contributed by atoms with Gasteiger partial charge < -0.3 is 25.8 Å². The standard InChI is InChI=1S/C25H25N3O6S/c1-3-33-24(31)19-13-20(17-7-5-4-6-8-17)35-22(19)28-21(29)15(2)34-23(30)18-11-9-16(10-12-18)14-27-25(26)32/h4-13,15H,3,14H2,1-2H3,(H,28,29)(H3,26,27,32). The van der Waals surface area contributed by atoms with Crippen molar-refractivity contribution in [3.63, 3.8) is 0 Å². The zero-order valence-electron chi connectivity index (χ0n) is 19.2. The quantitative estimate of drug-likeness (QED) is 0.385. The molecule has 4 N–H and O–H groups in total. The number of benzene rings is 2. The number of primary amides is 1. The number of thiophene rings is 1. The van der Waals surface area contributed by atoms with Crippen LogP contribution in [0.25, 0.3) is 10.4 Å². The molecule has 35 heavy (non-hydrogen) atoms. The second-order valence-corrected chi connectivity index (χ2v) is 8.44. The Morgan fingerprint density at radius 2 is 1.69 bits per heavy atom. The van der Waals surface area contributed by atoms with Crippen molar-refractivity contribution in [2.24, 2.45) is 5.73 Å². The molecule has 3 rings (SSSR count). The van der Waals surface area contributed by atoms with E-state index in [0.717, 1.165) is 16.0 Å². The van der Waals surface area contributed by atoms with Crippen molar-refractivity contribution in [1.82, 2.24) is 5.32 Å². The van der Waals surface area contributed by atoms with Gasteiger partial charge in [0.25, 0.3) is 5.91 Å². The molecule has 1 aromatic heterocycles. The summed E-state index contributed by atoms with van der Waals surface area (Å²) < 4.78 is 10.4. The van der Waals surface area contributed by atoms with Gasteiger partial charge in [0.1, 0.15) is 5.00 Å². The topological polar surface area (TPSA) is 137 Å². The molecule has 0 fully saturated rings. The highest BCUT2D eigenvalue weighted by molar-refractivity contribution is 7.20. The van der Waals surface area contributed by atoms with E-state index in [-0.39, 0.29) is 24.3 Å². The third kappa shape index (κ3) is 6.90. The van der Waals surface area contributed by atoms with Crippen molar-refractivity contribution >= 4 is 40.2 Å². The summed E-state index contributed by atoms with van der Waals surface area (Å²) in [5.41, 5.74) is 7.13. The summed E-state index contributed by atoms with van der Waals surface area (Å²) in [6.45, 7) is 3.54. The van der Waals surface area contributed by atoms with E-state index in [2.05, 4.69) is 10.6 Å². The van der Waals surface area contributed by atoms with E-state index in [0.29, 0.717) is 5.00 Å². The Bertz CT molecular complexity index is 1210. The molecule has 1 atom stereocenters. The number of esters is 2. The van der Waals surface area contributed by atoms with E-state index < -0.39 is 30.0 Å². The van der Waals surface area contributed by atoms with Crippen molar-refractivity contribution in [3.05, 3.63) is 77.4 Å². The lowest BCUT2D eigenvalue weighted by atomic mass is 10.1. The van der Waals surface area contributed by atoms with Gasteiger partial charge in [-0.1, -0.05) is 42.5 Å². The van der Waals surface area contributed by atoms with Crippen LogP contribution in [0.5, 0.6) is 0 Å². The van der Waals surface area contributed by atoms with Gasteiger partial charge in [0.15, 0.2) is 6.10 Å². The highest BCUT2D eigenvalue weighted by Crippen LogP contribution is 2.36. The number of rotatable bonds is 9. The van der Waals surface area contributed by atoms with Crippen LogP contribution in [-0.4, -0.2) is 36.6 Å². The molecule has 0 bridgehead atoms. The molecule has 0 radical (unpaired) electrons. The Kier molecular flexibility index (Phi) is 8.58. The van der Waals surface area contributed by atoms with Crippen molar-refractivity contribution in [1.29, 1.82) is 0 Å². The van der Waals surface area contributed by atoms with Gasteiger partial charge in [-0.25, -0.2) is 14.4 Å². The largest absolute Gasteiger partial charge is 0.462 e. The molecule has 0 aliphatic carbocycles. The SMILES string of the molecule is CCOC(=O)c1cc(-c2ccccc2)sc1NC(=O)C(C)OC(=O)c1ccc(CNC(N)=O)cc1. The third-order valence-electron chi connectivity index (χ3n) is 4.83. The van der Waals surface area contributed by atoms with Gasteiger partial charge in [-0.05, 0) is 43.2 Å². The molecule has 1 heterocycles. The number of urea groups is 1. The maximum absolute atomic E-state index is 12.8. The van der Waals surface area contributed by atoms with Crippen LogP contribution < -0.4 is 16.4 Å². The first-order valence-corrected chi connectivity index (χ1v) is 11.6. The Labute approximate surface area is 206 Å². The highest BCUT2D eigenvalue weighted by Gasteiger charge is 2.24. The molecule has 2 aromatic carbocycles. The minimum Gasteiger partial charge on any atom is -0.462 e. The molecule has 9 nitrogen and oxygen atoms in total. The van der Waals surface area contributed by atoms with Crippen molar-refractivity contribution in [2.45, 2.75) is 26.5 Å². The molecule has 182 valence electrons. The minimum atomic E-state index is -1.13. The second-order valence-electron chi connectivity index (χ2n) is 7.39. The molecule has 0 aliphatic rings. The zero-order valence-corrected chi connectivity index (χ0v) is 20.0. The lowest BCUT2D eigenvalue weighted by Gasteiger charge is -2.14. The Hall–Kier alpha value is -4.18. The van der Waals surface area contributed by atoms with Crippen LogP contribution in [0.3, 0.4) is 0 Å². The molecule has 0 saturated heterocycles. The zero-order chi connectivity index (χ0) is 25.4. The Balaban J connectivity index is 1.69. The molecule has 0 spiro atoms. The van der Waals surface area contributed by atoms with Crippen LogP contribution in [0, 0.1) is 0 Å². The summed E-state index contributed by atoms with van der Waals surface area (Å²) in [5.74, 6) is -1.84. The van der Waals surface area contributed by atoms with E-state index >= 15 is 0 Å². The van der Waals surface area contributed by atoms with Crippen molar-refractivity contribution in [3.8, 4) is 10.4 Å². The molecular weight excluding hydrogens is 470 g/mol. The minimum absolute atomic E-state index is 0.189. The van der Waals surface area contributed by atoms with Crippen LogP contribution in [-0.2, 0) is 20.8 Å². The predicted molar refractivity (Wildman–Crippen MR) is 132 cm³/mol. The molecule has 3 aromatic rings. The number of carbonyl (C=O) groups excluding carboxylic acids is 4. The number of ether oxygens (including phenoxy) is 2. The molecule has 1 unspecified atom stereocenters. The van der Waals surface area contributed by atoms with E-state index in [4.69, 9.17) is 15.2 Å². The van der Waals surface area contributed by atoms with Crippen molar-refractivity contribution in [2.75, 3.05) is 11.9 Å².